The molecule has 2 aliphatic rings. The van der Waals surface area contributed by atoms with E-state index in [4.69, 9.17) is 0 Å². The van der Waals surface area contributed by atoms with E-state index in [0.29, 0.717) is 5.92 Å². The molecule has 36 heavy (non-hydrogen) atoms. The topological polar surface area (TPSA) is 4.93 Å². The second-order valence-corrected chi connectivity index (χ2v) is 11.1. The highest BCUT2D eigenvalue weighted by atomic mass is 32.1. The lowest BCUT2D eigenvalue weighted by atomic mass is 9.85. The van der Waals surface area contributed by atoms with Crippen LogP contribution in [0.3, 0.4) is 0 Å². The summed E-state index contributed by atoms with van der Waals surface area (Å²) in [6.07, 6.45) is 5.87. The minimum atomic E-state index is 0.499. The van der Waals surface area contributed by atoms with E-state index in [9.17, 15) is 0 Å². The summed E-state index contributed by atoms with van der Waals surface area (Å²) < 4.78 is 5.20. The Morgan fingerprint density at radius 2 is 1.42 bits per heavy atom. The van der Waals surface area contributed by atoms with Crippen LogP contribution in [0.5, 0.6) is 0 Å². The standard InChI is InChI=1S/C34H21NS/c1-2-9-22-21(8-1)26-12-7-13-27-33(26)28(22)19-29-25-17-16-20(18-32(25)36-34(27)29)35-30-14-5-3-10-23(30)24-11-4-6-15-31(24)35/h1-11,13-19,26H,12H2. The minimum absolute atomic E-state index is 0.499. The fraction of sp³-hybridized carbons (Fsp3) is 0.0588. The molecule has 168 valence electrons. The number of fused-ring (bicyclic) bond motifs is 10. The lowest BCUT2D eigenvalue weighted by Gasteiger charge is -2.18. The van der Waals surface area contributed by atoms with Gasteiger partial charge in [-0.1, -0.05) is 78.9 Å². The average molecular weight is 476 g/mol. The summed E-state index contributed by atoms with van der Waals surface area (Å²) in [7, 11) is 0. The molecule has 0 N–H and O–H groups in total. The third kappa shape index (κ3) is 2.31. The number of hydrogen-bond acceptors (Lipinski definition) is 1. The van der Waals surface area contributed by atoms with E-state index in [0.717, 1.165) is 6.42 Å². The van der Waals surface area contributed by atoms with Crippen LogP contribution in [0.25, 0.3) is 64.9 Å². The first-order chi connectivity index (χ1) is 17.9. The molecule has 0 amide bonds. The van der Waals surface area contributed by atoms with Crippen molar-refractivity contribution < 1.29 is 0 Å². The van der Waals surface area contributed by atoms with Crippen molar-refractivity contribution in [3.63, 3.8) is 0 Å². The maximum atomic E-state index is 2.48. The second kappa shape index (κ2) is 6.75. The average Bonchev–Trinajstić information content (AvgIpc) is 3.58. The Bertz CT molecular complexity index is 2030. The number of nitrogens with zero attached hydrogens (tertiary/aromatic N) is 1. The SMILES string of the molecule is C1=Cc2c3c(cc4c2sc2cc(-n5c6ccccc6c6ccccc65)ccc24)-c2ccccc2C3C1. The summed E-state index contributed by atoms with van der Waals surface area (Å²) in [6.45, 7) is 0. The number of allylic oxidation sites excluding steroid dienone is 1. The van der Waals surface area contributed by atoms with Crippen LogP contribution in [0.15, 0.2) is 103 Å². The van der Waals surface area contributed by atoms with Crippen molar-refractivity contribution in [2.75, 3.05) is 0 Å². The van der Waals surface area contributed by atoms with Crippen LogP contribution in [0.1, 0.15) is 29.0 Å². The number of para-hydroxylation sites is 2. The number of aromatic nitrogens is 1. The van der Waals surface area contributed by atoms with Gasteiger partial charge in [-0.15, -0.1) is 11.3 Å². The summed E-state index contributed by atoms with van der Waals surface area (Å²) in [4.78, 5) is 0. The number of thiophene rings is 1. The maximum absolute atomic E-state index is 2.48. The van der Waals surface area contributed by atoms with E-state index in [1.165, 1.54) is 69.9 Å². The zero-order chi connectivity index (χ0) is 23.4. The molecule has 2 aromatic heterocycles. The molecule has 0 aliphatic heterocycles. The van der Waals surface area contributed by atoms with E-state index in [-0.39, 0.29) is 0 Å². The summed E-state index contributed by atoms with van der Waals surface area (Å²) in [6, 6.07) is 36.0. The highest BCUT2D eigenvalue weighted by molar-refractivity contribution is 7.26. The van der Waals surface area contributed by atoms with E-state index in [2.05, 4.69) is 114 Å². The highest BCUT2D eigenvalue weighted by Gasteiger charge is 2.33. The van der Waals surface area contributed by atoms with Crippen molar-refractivity contribution in [2.45, 2.75) is 12.3 Å². The molecular formula is C34H21NS. The zero-order valence-electron chi connectivity index (χ0n) is 19.5. The van der Waals surface area contributed by atoms with Crippen molar-refractivity contribution >= 4 is 59.4 Å². The van der Waals surface area contributed by atoms with E-state index in [1.54, 1.807) is 5.56 Å². The van der Waals surface area contributed by atoms with Gasteiger partial charge in [0.2, 0.25) is 0 Å². The van der Waals surface area contributed by atoms with Gasteiger partial charge in [-0.2, -0.15) is 0 Å². The molecule has 2 heteroatoms. The predicted molar refractivity (Wildman–Crippen MR) is 155 cm³/mol. The Labute approximate surface area is 212 Å². The lowest BCUT2D eigenvalue weighted by molar-refractivity contribution is 0.846. The van der Waals surface area contributed by atoms with Gasteiger partial charge in [-0.05, 0) is 64.6 Å². The Morgan fingerprint density at radius 1 is 0.667 bits per heavy atom. The van der Waals surface area contributed by atoms with Crippen LogP contribution in [0.4, 0.5) is 0 Å². The number of benzene rings is 5. The van der Waals surface area contributed by atoms with Crippen LogP contribution < -0.4 is 0 Å². The summed E-state index contributed by atoms with van der Waals surface area (Å²) in [5.41, 5.74) is 11.1. The largest absolute Gasteiger partial charge is 0.309 e. The van der Waals surface area contributed by atoms with Crippen LogP contribution >= 0.6 is 11.3 Å². The van der Waals surface area contributed by atoms with Crippen molar-refractivity contribution in [3.8, 4) is 16.8 Å². The molecular weight excluding hydrogens is 454 g/mol. The molecule has 0 spiro atoms. The van der Waals surface area contributed by atoms with Gasteiger partial charge in [0.1, 0.15) is 0 Å². The molecule has 1 atom stereocenters. The summed E-state index contributed by atoms with van der Waals surface area (Å²) in [5, 5.41) is 5.36. The Hall–Kier alpha value is -4.14. The van der Waals surface area contributed by atoms with Gasteiger partial charge in [0, 0.05) is 42.6 Å². The molecule has 0 bridgehead atoms. The fourth-order valence-electron chi connectivity index (χ4n) is 6.81. The smallest absolute Gasteiger partial charge is 0.0541 e. The maximum Gasteiger partial charge on any atom is 0.0541 e. The molecule has 2 aliphatic carbocycles. The molecule has 7 aromatic rings. The summed E-state index contributed by atoms with van der Waals surface area (Å²) in [5.74, 6) is 0.499. The predicted octanol–water partition coefficient (Wildman–Crippen LogP) is 9.68. The monoisotopic (exact) mass is 475 g/mol. The normalized spacial score (nSPS) is 15.8. The van der Waals surface area contributed by atoms with Gasteiger partial charge in [0.25, 0.3) is 0 Å². The molecule has 2 heterocycles. The van der Waals surface area contributed by atoms with E-state index in [1.807, 2.05) is 11.3 Å². The molecule has 1 nitrogen and oxygen atoms in total. The lowest BCUT2D eigenvalue weighted by Crippen LogP contribution is -2.01. The Balaban J connectivity index is 1.34. The third-order valence-electron chi connectivity index (χ3n) is 8.30. The zero-order valence-corrected chi connectivity index (χ0v) is 20.3. The number of hydrogen-bond donors (Lipinski definition) is 0. The van der Waals surface area contributed by atoms with Gasteiger partial charge in [0.15, 0.2) is 0 Å². The first kappa shape index (κ1) is 19.1. The number of rotatable bonds is 1. The van der Waals surface area contributed by atoms with E-state index < -0.39 is 0 Å². The van der Waals surface area contributed by atoms with Crippen molar-refractivity contribution in [3.05, 3.63) is 120 Å². The van der Waals surface area contributed by atoms with Gasteiger partial charge < -0.3 is 4.57 Å². The van der Waals surface area contributed by atoms with Crippen LogP contribution in [-0.4, -0.2) is 4.57 Å². The molecule has 0 saturated heterocycles. The molecule has 9 rings (SSSR count). The third-order valence-corrected chi connectivity index (χ3v) is 9.50. The van der Waals surface area contributed by atoms with E-state index >= 15 is 0 Å². The first-order valence-electron chi connectivity index (χ1n) is 12.6. The highest BCUT2D eigenvalue weighted by Crippen LogP contribution is 2.54. The van der Waals surface area contributed by atoms with Gasteiger partial charge in [0.05, 0.1) is 11.0 Å². The van der Waals surface area contributed by atoms with Crippen LogP contribution in [-0.2, 0) is 0 Å². The van der Waals surface area contributed by atoms with Crippen LogP contribution in [0, 0.1) is 0 Å². The first-order valence-corrected chi connectivity index (χ1v) is 13.5. The molecule has 1 unspecified atom stereocenters. The van der Waals surface area contributed by atoms with Gasteiger partial charge in [-0.25, -0.2) is 0 Å². The van der Waals surface area contributed by atoms with Gasteiger partial charge in [-0.3, -0.25) is 0 Å². The summed E-state index contributed by atoms with van der Waals surface area (Å²) >= 11 is 1.95. The Kier molecular flexibility index (Phi) is 3.58. The van der Waals surface area contributed by atoms with Crippen LogP contribution in [0.2, 0.25) is 0 Å². The van der Waals surface area contributed by atoms with Gasteiger partial charge >= 0.3 is 0 Å². The second-order valence-electron chi connectivity index (χ2n) is 10.1. The molecule has 5 aromatic carbocycles. The molecule has 0 fully saturated rings. The van der Waals surface area contributed by atoms with Crippen molar-refractivity contribution in [2.24, 2.45) is 0 Å². The quantitative estimate of drug-likeness (QED) is 0.223. The molecule has 0 radical (unpaired) electrons. The molecule has 0 saturated carbocycles. The van der Waals surface area contributed by atoms with Crippen molar-refractivity contribution in [1.82, 2.24) is 4.57 Å². The fourth-order valence-corrected chi connectivity index (χ4v) is 8.06. The Morgan fingerprint density at radius 3 is 2.25 bits per heavy atom. The minimum Gasteiger partial charge on any atom is -0.309 e. The van der Waals surface area contributed by atoms with Crippen molar-refractivity contribution in [1.29, 1.82) is 0 Å².